The molecular weight excluding hydrogens is 254 g/mol. The Bertz CT molecular complexity index is 414. The molecule has 0 aromatic heterocycles. The van der Waals surface area contributed by atoms with Crippen LogP contribution in [0.25, 0.3) is 0 Å². The molecule has 0 fully saturated rings. The Morgan fingerprint density at radius 1 is 1.25 bits per heavy atom. The van der Waals surface area contributed by atoms with E-state index in [1.165, 1.54) is 12.7 Å². The van der Waals surface area contributed by atoms with Crippen LogP contribution in [0.5, 0.6) is 5.75 Å². The monoisotopic (exact) mass is 279 g/mol. The number of aromatic hydroxyl groups is 1. The van der Waals surface area contributed by atoms with Crippen molar-refractivity contribution in [3.8, 4) is 5.75 Å². The Kier molecular flexibility index (Phi) is 6.52. The fourth-order valence-corrected chi connectivity index (χ4v) is 2.10. The summed E-state index contributed by atoms with van der Waals surface area (Å²) in [5, 5.41) is 12.6. The van der Waals surface area contributed by atoms with Gasteiger partial charge in [-0.05, 0) is 43.4 Å². The summed E-state index contributed by atoms with van der Waals surface area (Å²) in [4.78, 5) is 11.7. The van der Waals surface area contributed by atoms with Crippen molar-refractivity contribution >= 4 is 5.97 Å². The van der Waals surface area contributed by atoms with Crippen molar-refractivity contribution in [3.05, 3.63) is 29.8 Å². The van der Waals surface area contributed by atoms with Crippen LogP contribution in [0.4, 0.5) is 0 Å². The van der Waals surface area contributed by atoms with Crippen molar-refractivity contribution in [2.24, 2.45) is 5.92 Å². The van der Waals surface area contributed by atoms with Gasteiger partial charge in [-0.2, -0.15) is 0 Å². The van der Waals surface area contributed by atoms with Crippen molar-refractivity contribution in [2.75, 3.05) is 7.11 Å². The predicted octanol–water partition coefficient (Wildman–Crippen LogP) is 2.50. The molecule has 0 aliphatic carbocycles. The van der Waals surface area contributed by atoms with Crippen LogP contribution in [0.2, 0.25) is 0 Å². The Hall–Kier alpha value is -1.55. The molecule has 1 aromatic rings. The number of methoxy groups -OCH3 is 1. The second-order valence-corrected chi connectivity index (χ2v) is 5.52. The molecule has 0 bridgehead atoms. The lowest BCUT2D eigenvalue weighted by molar-refractivity contribution is -0.144. The third-order valence-electron chi connectivity index (χ3n) is 3.39. The molecular formula is C16H25NO3. The zero-order valence-corrected chi connectivity index (χ0v) is 12.7. The van der Waals surface area contributed by atoms with E-state index in [9.17, 15) is 9.90 Å². The van der Waals surface area contributed by atoms with Crippen LogP contribution in [-0.4, -0.2) is 30.3 Å². The lowest BCUT2D eigenvalue weighted by Gasteiger charge is -2.24. The average molecular weight is 279 g/mol. The van der Waals surface area contributed by atoms with E-state index >= 15 is 0 Å². The minimum absolute atomic E-state index is 0.193. The number of phenolic OH excluding ortho intramolecular Hbond substituents is 1. The largest absolute Gasteiger partial charge is 0.508 e. The van der Waals surface area contributed by atoms with E-state index in [-0.39, 0.29) is 29.7 Å². The van der Waals surface area contributed by atoms with Gasteiger partial charge < -0.3 is 15.2 Å². The quantitative estimate of drug-likeness (QED) is 0.753. The van der Waals surface area contributed by atoms with Crippen molar-refractivity contribution in [3.63, 3.8) is 0 Å². The maximum atomic E-state index is 11.7. The number of phenols is 1. The van der Waals surface area contributed by atoms with Crippen LogP contribution in [0.3, 0.4) is 0 Å². The first-order valence-electron chi connectivity index (χ1n) is 7.05. The van der Waals surface area contributed by atoms with E-state index in [1.807, 2.05) is 26.0 Å². The highest BCUT2D eigenvalue weighted by Gasteiger charge is 2.24. The number of hydrogen-bond acceptors (Lipinski definition) is 4. The molecule has 4 heteroatoms. The molecule has 0 saturated heterocycles. The summed E-state index contributed by atoms with van der Waals surface area (Å²) in [6.45, 7) is 6.07. The summed E-state index contributed by atoms with van der Waals surface area (Å²) in [6, 6.07) is 7.17. The summed E-state index contributed by atoms with van der Waals surface area (Å²) >= 11 is 0. The fourth-order valence-electron chi connectivity index (χ4n) is 2.10. The molecule has 1 aromatic carbocycles. The van der Waals surface area contributed by atoms with Gasteiger partial charge in [0.05, 0.1) is 7.11 Å². The Labute approximate surface area is 121 Å². The summed E-state index contributed by atoms with van der Waals surface area (Å²) < 4.78 is 4.82. The Balaban J connectivity index is 2.47. The van der Waals surface area contributed by atoms with Gasteiger partial charge in [0.1, 0.15) is 11.8 Å². The molecule has 0 radical (unpaired) electrons. The first-order chi connectivity index (χ1) is 9.43. The van der Waals surface area contributed by atoms with Crippen molar-refractivity contribution < 1.29 is 14.6 Å². The summed E-state index contributed by atoms with van der Waals surface area (Å²) in [6.07, 6.45) is 1.82. The molecule has 0 spiro atoms. The minimum Gasteiger partial charge on any atom is -0.508 e. The average Bonchev–Trinajstić information content (AvgIpc) is 2.43. The van der Waals surface area contributed by atoms with E-state index in [1.54, 1.807) is 12.1 Å². The van der Waals surface area contributed by atoms with E-state index < -0.39 is 0 Å². The predicted molar refractivity (Wildman–Crippen MR) is 79.7 cm³/mol. The van der Waals surface area contributed by atoms with Gasteiger partial charge in [-0.3, -0.25) is 4.79 Å². The number of benzene rings is 1. The molecule has 0 amide bonds. The molecule has 2 atom stereocenters. The first kappa shape index (κ1) is 16.5. The number of hydrogen-bond donors (Lipinski definition) is 2. The van der Waals surface area contributed by atoms with Gasteiger partial charge in [0.2, 0.25) is 0 Å². The molecule has 0 saturated carbocycles. The summed E-state index contributed by atoms with van der Waals surface area (Å²) in [5.74, 6) is 0.264. The van der Waals surface area contributed by atoms with E-state index in [0.717, 1.165) is 12.8 Å². The van der Waals surface area contributed by atoms with Gasteiger partial charge in [-0.25, -0.2) is 0 Å². The summed E-state index contributed by atoms with van der Waals surface area (Å²) in [5.41, 5.74) is 1.18. The van der Waals surface area contributed by atoms with E-state index in [4.69, 9.17) is 4.74 Å². The molecule has 4 nitrogen and oxygen atoms in total. The van der Waals surface area contributed by atoms with Crippen LogP contribution in [0, 0.1) is 5.92 Å². The maximum Gasteiger partial charge on any atom is 0.323 e. The molecule has 1 unspecified atom stereocenters. The second-order valence-electron chi connectivity index (χ2n) is 5.52. The molecule has 1 rings (SSSR count). The smallest absolute Gasteiger partial charge is 0.323 e. The Morgan fingerprint density at radius 3 is 2.35 bits per heavy atom. The zero-order chi connectivity index (χ0) is 15.1. The van der Waals surface area contributed by atoms with Crippen LogP contribution in [0.15, 0.2) is 24.3 Å². The van der Waals surface area contributed by atoms with Gasteiger partial charge in [0.25, 0.3) is 0 Å². The van der Waals surface area contributed by atoms with E-state index in [2.05, 4.69) is 12.2 Å². The highest BCUT2D eigenvalue weighted by atomic mass is 16.5. The number of esters is 1. The Morgan fingerprint density at radius 2 is 1.85 bits per heavy atom. The number of aryl methyl sites for hydroxylation is 1. The van der Waals surface area contributed by atoms with Crippen LogP contribution >= 0.6 is 0 Å². The SMILES string of the molecule is COC(=O)[C@@H](NC(C)CCc1ccc(O)cc1)C(C)C. The molecule has 112 valence electrons. The first-order valence-corrected chi connectivity index (χ1v) is 7.05. The number of carbonyl (C=O) groups is 1. The lowest BCUT2D eigenvalue weighted by atomic mass is 10.0. The third-order valence-corrected chi connectivity index (χ3v) is 3.39. The molecule has 0 aliphatic heterocycles. The van der Waals surface area contributed by atoms with Gasteiger partial charge in [-0.1, -0.05) is 26.0 Å². The third kappa shape index (κ3) is 5.21. The van der Waals surface area contributed by atoms with Crippen molar-refractivity contribution in [1.82, 2.24) is 5.32 Å². The normalized spacial score (nSPS) is 14.1. The van der Waals surface area contributed by atoms with Gasteiger partial charge in [0.15, 0.2) is 0 Å². The molecule has 0 heterocycles. The van der Waals surface area contributed by atoms with Crippen LogP contribution in [0.1, 0.15) is 32.8 Å². The number of rotatable bonds is 7. The zero-order valence-electron chi connectivity index (χ0n) is 12.7. The number of carbonyl (C=O) groups excluding carboxylic acids is 1. The van der Waals surface area contributed by atoms with Crippen LogP contribution < -0.4 is 5.32 Å². The van der Waals surface area contributed by atoms with Crippen molar-refractivity contribution in [2.45, 2.75) is 45.7 Å². The minimum atomic E-state index is -0.269. The highest BCUT2D eigenvalue weighted by molar-refractivity contribution is 5.75. The fraction of sp³-hybridized carbons (Fsp3) is 0.562. The lowest BCUT2D eigenvalue weighted by Crippen LogP contribution is -2.46. The highest BCUT2D eigenvalue weighted by Crippen LogP contribution is 2.13. The summed E-state index contributed by atoms with van der Waals surface area (Å²) in [7, 11) is 1.42. The molecule has 2 N–H and O–H groups in total. The molecule has 0 aliphatic rings. The van der Waals surface area contributed by atoms with E-state index in [0.29, 0.717) is 0 Å². The number of nitrogens with one attached hydrogen (secondary N) is 1. The number of ether oxygens (including phenoxy) is 1. The topological polar surface area (TPSA) is 58.6 Å². The van der Waals surface area contributed by atoms with Crippen LogP contribution in [-0.2, 0) is 16.0 Å². The van der Waals surface area contributed by atoms with Gasteiger partial charge >= 0.3 is 5.97 Å². The second kappa shape index (κ2) is 7.90. The van der Waals surface area contributed by atoms with Gasteiger partial charge in [-0.15, -0.1) is 0 Å². The molecule has 20 heavy (non-hydrogen) atoms. The maximum absolute atomic E-state index is 11.7. The van der Waals surface area contributed by atoms with Crippen molar-refractivity contribution in [1.29, 1.82) is 0 Å². The standard InChI is InChI=1S/C16H25NO3/c1-11(2)15(16(19)20-4)17-12(3)5-6-13-7-9-14(18)10-8-13/h7-12,15,17-18H,5-6H2,1-4H3/t12?,15-/m0/s1. The van der Waals surface area contributed by atoms with Gasteiger partial charge in [0, 0.05) is 6.04 Å².